The quantitative estimate of drug-likeness (QED) is 0.702. The number of carbonyl (C=O) groups is 1. The van der Waals surface area contributed by atoms with Crippen molar-refractivity contribution in [1.29, 1.82) is 0 Å². The number of ether oxygens (including phenoxy) is 1. The Kier molecular flexibility index (Phi) is 2.54. The summed E-state index contributed by atoms with van der Waals surface area (Å²) >= 11 is 0. The van der Waals surface area contributed by atoms with E-state index >= 15 is 0 Å². The molecule has 0 aromatic carbocycles. The SMILES string of the molecule is CC(C)C1N=C(C2CCOC2)NC1=O. The normalized spacial score (nSPS) is 32.2. The number of nitrogens with one attached hydrogen (secondary N) is 1. The van der Waals surface area contributed by atoms with Crippen LogP contribution in [0, 0.1) is 11.8 Å². The van der Waals surface area contributed by atoms with Crippen LogP contribution in [0.15, 0.2) is 4.99 Å². The van der Waals surface area contributed by atoms with Gasteiger partial charge in [0.2, 0.25) is 5.91 Å². The number of amidine groups is 1. The zero-order valence-corrected chi connectivity index (χ0v) is 8.62. The minimum absolute atomic E-state index is 0.0434. The molecule has 2 aliphatic rings. The summed E-state index contributed by atoms with van der Waals surface area (Å²) in [5.41, 5.74) is 0. The molecule has 0 radical (unpaired) electrons. The first-order valence-corrected chi connectivity index (χ1v) is 5.15. The molecule has 0 spiro atoms. The molecule has 1 N–H and O–H groups in total. The molecule has 2 atom stereocenters. The van der Waals surface area contributed by atoms with Gasteiger partial charge >= 0.3 is 0 Å². The second kappa shape index (κ2) is 3.69. The van der Waals surface area contributed by atoms with E-state index in [1.54, 1.807) is 0 Å². The lowest BCUT2D eigenvalue weighted by molar-refractivity contribution is -0.120. The van der Waals surface area contributed by atoms with Crippen LogP contribution in [0.3, 0.4) is 0 Å². The molecule has 0 aromatic heterocycles. The monoisotopic (exact) mass is 196 g/mol. The van der Waals surface area contributed by atoms with Crippen LogP contribution in [0.25, 0.3) is 0 Å². The Balaban J connectivity index is 2.07. The topological polar surface area (TPSA) is 50.7 Å². The molecule has 0 saturated carbocycles. The van der Waals surface area contributed by atoms with Crippen LogP contribution in [0.5, 0.6) is 0 Å². The molecule has 2 heterocycles. The first kappa shape index (κ1) is 9.65. The van der Waals surface area contributed by atoms with Gasteiger partial charge in [-0.3, -0.25) is 9.79 Å². The summed E-state index contributed by atoms with van der Waals surface area (Å²) in [6.45, 7) is 5.51. The summed E-state index contributed by atoms with van der Waals surface area (Å²) in [6, 6.07) is -0.189. The van der Waals surface area contributed by atoms with E-state index in [1.807, 2.05) is 13.8 Å². The van der Waals surface area contributed by atoms with Gasteiger partial charge in [-0.2, -0.15) is 0 Å². The van der Waals surface area contributed by atoms with E-state index in [1.165, 1.54) is 0 Å². The Bertz CT molecular complexity index is 267. The Labute approximate surface area is 83.7 Å². The van der Waals surface area contributed by atoms with Gasteiger partial charge in [-0.25, -0.2) is 0 Å². The maximum atomic E-state index is 11.5. The highest BCUT2D eigenvalue weighted by Crippen LogP contribution is 2.19. The van der Waals surface area contributed by atoms with Crippen molar-refractivity contribution >= 4 is 11.7 Å². The molecule has 4 nitrogen and oxygen atoms in total. The smallest absolute Gasteiger partial charge is 0.250 e. The molecule has 1 fully saturated rings. The summed E-state index contributed by atoms with van der Waals surface area (Å²) in [7, 11) is 0. The third-order valence-electron chi connectivity index (χ3n) is 2.75. The molecular weight excluding hydrogens is 180 g/mol. The van der Waals surface area contributed by atoms with E-state index in [0.717, 1.165) is 18.9 Å². The van der Waals surface area contributed by atoms with Gasteiger partial charge in [0.15, 0.2) is 0 Å². The Morgan fingerprint density at radius 2 is 2.36 bits per heavy atom. The van der Waals surface area contributed by atoms with E-state index in [4.69, 9.17) is 4.74 Å². The standard InChI is InChI=1S/C10H16N2O2/c1-6(2)8-10(13)12-9(11-8)7-3-4-14-5-7/h6-8H,3-5H2,1-2H3,(H,11,12,13). The fraction of sp³-hybridized carbons (Fsp3) is 0.800. The van der Waals surface area contributed by atoms with Gasteiger partial charge in [0.25, 0.3) is 0 Å². The Morgan fingerprint density at radius 3 is 2.86 bits per heavy atom. The van der Waals surface area contributed by atoms with Crippen molar-refractivity contribution in [2.24, 2.45) is 16.8 Å². The number of aliphatic imine (C=N–C) groups is 1. The van der Waals surface area contributed by atoms with Crippen molar-refractivity contribution in [3.05, 3.63) is 0 Å². The number of hydrogen-bond acceptors (Lipinski definition) is 3. The van der Waals surface area contributed by atoms with Crippen LogP contribution in [-0.2, 0) is 9.53 Å². The van der Waals surface area contributed by atoms with Gasteiger partial charge < -0.3 is 10.1 Å². The van der Waals surface area contributed by atoms with Crippen molar-refractivity contribution in [3.8, 4) is 0 Å². The molecule has 0 bridgehead atoms. The summed E-state index contributed by atoms with van der Waals surface area (Å²) in [5, 5.41) is 2.86. The maximum absolute atomic E-state index is 11.5. The number of rotatable bonds is 2. The predicted octanol–water partition coefficient (Wildman–Crippen LogP) is 0.576. The average molecular weight is 196 g/mol. The van der Waals surface area contributed by atoms with Gasteiger partial charge in [0, 0.05) is 12.5 Å². The lowest BCUT2D eigenvalue weighted by atomic mass is 10.1. The zero-order valence-electron chi connectivity index (χ0n) is 8.62. The third-order valence-corrected chi connectivity index (χ3v) is 2.75. The average Bonchev–Trinajstić information content (AvgIpc) is 2.70. The molecule has 78 valence electrons. The largest absolute Gasteiger partial charge is 0.381 e. The summed E-state index contributed by atoms with van der Waals surface area (Å²) < 4.78 is 5.27. The van der Waals surface area contributed by atoms with Crippen LogP contribution in [0.2, 0.25) is 0 Å². The van der Waals surface area contributed by atoms with Crippen LogP contribution in [0.4, 0.5) is 0 Å². The van der Waals surface area contributed by atoms with Crippen molar-refractivity contribution in [2.75, 3.05) is 13.2 Å². The van der Waals surface area contributed by atoms with Crippen LogP contribution in [-0.4, -0.2) is 31.0 Å². The van der Waals surface area contributed by atoms with Crippen molar-refractivity contribution < 1.29 is 9.53 Å². The highest BCUT2D eigenvalue weighted by molar-refractivity contribution is 6.06. The predicted molar refractivity (Wildman–Crippen MR) is 53.1 cm³/mol. The Hall–Kier alpha value is -0.900. The first-order valence-electron chi connectivity index (χ1n) is 5.15. The lowest BCUT2D eigenvalue weighted by Gasteiger charge is -2.06. The first-order chi connectivity index (χ1) is 6.68. The number of hydrogen-bond donors (Lipinski definition) is 1. The molecule has 2 rings (SSSR count). The second-order valence-electron chi connectivity index (χ2n) is 4.25. The molecule has 1 saturated heterocycles. The molecule has 14 heavy (non-hydrogen) atoms. The molecule has 0 aromatic rings. The Morgan fingerprint density at radius 1 is 1.57 bits per heavy atom. The van der Waals surface area contributed by atoms with Crippen LogP contribution >= 0.6 is 0 Å². The van der Waals surface area contributed by atoms with Crippen LogP contribution in [0.1, 0.15) is 20.3 Å². The molecule has 4 heteroatoms. The highest BCUT2D eigenvalue weighted by atomic mass is 16.5. The second-order valence-corrected chi connectivity index (χ2v) is 4.25. The van der Waals surface area contributed by atoms with E-state index in [9.17, 15) is 4.79 Å². The van der Waals surface area contributed by atoms with E-state index in [-0.39, 0.29) is 17.9 Å². The third kappa shape index (κ3) is 1.66. The van der Waals surface area contributed by atoms with Crippen molar-refractivity contribution in [1.82, 2.24) is 5.32 Å². The number of carbonyl (C=O) groups excluding carboxylic acids is 1. The van der Waals surface area contributed by atoms with E-state index < -0.39 is 0 Å². The van der Waals surface area contributed by atoms with E-state index in [2.05, 4.69) is 10.3 Å². The van der Waals surface area contributed by atoms with Gasteiger partial charge in [-0.15, -0.1) is 0 Å². The summed E-state index contributed by atoms with van der Waals surface area (Å²) in [4.78, 5) is 15.9. The molecular formula is C10H16N2O2. The molecule has 2 unspecified atom stereocenters. The minimum Gasteiger partial charge on any atom is -0.381 e. The highest BCUT2D eigenvalue weighted by Gasteiger charge is 2.33. The van der Waals surface area contributed by atoms with Crippen molar-refractivity contribution in [3.63, 3.8) is 0 Å². The number of nitrogens with zero attached hydrogens (tertiary/aromatic N) is 1. The van der Waals surface area contributed by atoms with E-state index in [0.29, 0.717) is 12.5 Å². The zero-order chi connectivity index (χ0) is 10.1. The summed E-state index contributed by atoms with van der Waals surface area (Å²) in [5.74, 6) is 1.46. The molecule has 1 amide bonds. The van der Waals surface area contributed by atoms with Gasteiger partial charge in [-0.1, -0.05) is 13.8 Å². The fourth-order valence-electron chi connectivity index (χ4n) is 1.85. The molecule has 2 aliphatic heterocycles. The van der Waals surface area contributed by atoms with Crippen molar-refractivity contribution in [2.45, 2.75) is 26.3 Å². The van der Waals surface area contributed by atoms with Gasteiger partial charge in [0.05, 0.1) is 6.61 Å². The fourth-order valence-corrected chi connectivity index (χ4v) is 1.85. The minimum atomic E-state index is -0.189. The number of amides is 1. The van der Waals surface area contributed by atoms with Gasteiger partial charge in [-0.05, 0) is 12.3 Å². The lowest BCUT2D eigenvalue weighted by Crippen LogP contribution is -2.34. The molecule has 0 aliphatic carbocycles. The van der Waals surface area contributed by atoms with Crippen LogP contribution < -0.4 is 5.32 Å². The maximum Gasteiger partial charge on any atom is 0.250 e. The van der Waals surface area contributed by atoms with Gasteiger partial charge in [0.1, 0.15) is 11.9 Å². The summed E-state index contributed by atoms with van der Waals surface area (Å²) in [6.07, 6.45) is 0.976.